The van der Waals surface area contributed by atoms with Crippen molar-refractivity contribution in [1.29, 1.82) is 0 Å². The number of likely N-dealkylation sites (N-methyl/N-ethyl adjacent to an activating group) is 1. The van der Waals surface area contributed by atoms with Crippen LogP contribution < -0.4 is 5.32 Å². The van der Waals surface area contributed by atoms with E-state index in [1.54, 1.807) is 14.1 Å². The van der Waals surface area contributed by atoms with Crippen LogP contribution in [0.2, 0.25) is 0 Å². The van der Waals surface area contributed by atoms with Crippen molar-refractivity contribution in [3.63, 3.8) is 0 Å². The maximum Gasteiger partial charge on any atom is 0.407 e. The third kappa shape index (κ3) is 6.17. The minimum atomic E-state index is -1.36. The van der Waals surface area contributed by atoms with Crippen molar-refractivity contribution in [2.24, 2.45) is 0 Å². The lowest BCUT2D eigenvalue weighted by Gasteiger charge is -2.27. The molecule has 0 radical (unpaired) electrons. The lowest BCUT2D eigenvalue weighted by Crippen LogP contribution is -2.52. The van der Waals surface area contributed by atoms with Crippen LogP contribution in [0.1, 0.15) is 36.8 Å². The van der Waals surface area contributed by atoms with E-state index in [2.05, 4.69) is 5.32 Å². The third-order valence-corrected chi connectivity index (χ3v) is 5.94. The van der Waals surface area contributed by atoms with Crippen LogP contribution in [0.5, 0.6) is 0 Å². The van der Waals surface area contributed by atoms with Crippen LogP contribution >= 0.6 is 0 Å². The highest BCUT2D eigenvalue weighted by atomic mass is 16.5. The molecule has 186 valence electrons. The van der Waals surface area contributed by atoms with Gasteiger partial charge in [0, 0.05) is 26.6 Å². The first-order valence-electron chi connectivity index (χ1n) is 11.5. The second-order valence-electron chi connectivity index (χ2n) is 8.67. The van der Waals surface area contributed by atoms with Gasteiger partial charge in [-0.05, 0) is 28.7 Å². The summed E-state index contributed by atoms with van der Waals surface area (Å²) < 4.78 is 5.47. The molecule has 2 aromatic rings. The Morgan fingerprint density at radius 2 is 1.57 bits per heavy atom. The Bertz CT molecular complexity index is 1050. The lowest BCUT2D eigenvalue weighted by atomic mass is 9.98. The van der Waals surface area contributed by atoms with E-state index in [9.17, 15) is 24.3 Å². The SMILES string of the molecule is CCCN(CC(=O)N(C)C)C(=O)C(CC(=O)O)NC(=O)OCC1c2ccccc2-c2ccccc21. The van der Waals surface area contributed by atoms with Gasteiger partial charge in [0.15, 0.2) is 0 Å². The van der Waals surface area contributed by atoms with Crippen LogP contribution in [-0.2, 0) is 19.1 Å². The second kappa shape index (κ2) is 11.5. The number of benzene rings is 2. The Morgan fingerprint density at radius 3 is 2.09 bits per heavy atom. The van der Waals surface area contributed by atoms with Crippen molar-refractivity contribution >= 4 is 23.9 Å². The molecular weight excluding hydrogens is 450 g/mol. The minimum absolute atomic E-state index is 0.0334. The largest absolute Gasteiger partial charge is 0.481 e. The molecule has 0 spiro atoms. The van der Waals surface area contributed by atoms with Gasteiger partial charge in [-0.15, -0.1) is 0 Å². The average molecular weight is 482 g/mol. The zero-order chi connectivity index (χ0) is 25.5. The van der Waals surface area contributed by atoms with Gasteiger partial charge in [-0.25, -0.2) is 4.79 Å². The Balaban J connectivity index is 1.70. The molecule has 0 bridgehead atoms. The van der Waals surface area contributed by atoms with E-state index in [-0.39, 0.29) is 31.5 Å². The van der Waals surface area contributed by atoms with E-state index >= 15 is 0 Å². The number of carbonyl (C=O) groups excluding carboxylic acids is 3. The highest BCUT2D eigenvalue weighted by Crippen LogP contribution is 2.44. The molecule has 0 fully saturated rings. The summed E-state index contributed by atoms with van der Waals surface area (Å²) in [6.07, 6.45) is -0.946. The monoisotopic (exact) mass is 481 g/mol. The fourth-order valence-electron chi connectivity index (χ4n) is 4.22. The predicted molar refractivity (Wildman–Crippen MR) is 130 cm³/mol. The molecule has 2 aromatic carbocycles. The zero-order valence-electron chi connectivity index (χ0n) is 20.2. The molecule has 0 saturated heterocycles. The first-order valence-corrected chi connectivity index (χ1v) is 11.5. The average Bonchev–Trinajstić information content (AvgIpc) is 3.15. The Hall–Kier alpha value is -3.88. The molecule has 0 aromatic heterocycles. The van der Waals surface area contributed by atoms with Crippen LogP contribution in [-0.4, -0.2) is 78.6 Å². The number of nitrogens with zero attached hydrogens (tertiary/aromatic N) is 2. The van der Waals surface area contributed by atoms with E-state index in [0.717, 1.165) is 22.3 Å². The number of aliphatic carboxylic acids is 1. The Morgan fingerprint density at radius 1 is 1.00 bits per heavy atom. The van der Waals surface area contributed by atoms with Gasteiger partial charge in [0.2, 0.25) is 11.8 Å². The Kier molecular flexibility index (Phi) is 8.46. The summed E-state index contributed by atoms with van der Waals surface area (Å²) in [5.41, 5.74) is 4.24. The number of carboxylic acid groups (broad SMARTS) is 1. The van der Waals surface area contributed by atoms with Crippen LogP contribution in [0.3, 0.4) is 0 Å². The number of nitrogens with one attached hydrogen (secondary N) is 1. The number of carboxylic acids is 1. The van der Waals surface area contributed by atoms with E-state index in [1.807, 2.05) is 55.5 Å². The summed E-state index contributed by atoms with van der Waals surface area (Å²) >= 11 is 0. The van der Waals surface area contributed by atoms with Crippen LogP contribution in [0.25, 0.3) is 11.1 Å². The normalized spacial score (nSPS) is 12.8. The van der Waals surface area contributed by atoms with E-state index < -0.39 is 30.4 Å². The quantitative estimate of drug-likeness (QED) is 0.539. The van der Waals surface area contributed by atoms with Crippen molar-refractivity contribution in [3.05, 3.63) is 59.7 Å². The van der Waals surface area contributed by atoms with Crippen LogP contribution in [0.15, 0.2) is 48.5 Å². The lowest BCUT2D eigenvalue weighted by molar-refractivity contribution is -0.144. The molecule has 1 atom stereocenters. The minimum Gasteiger partial charge on any atom is -0.481 e. The maximum absolute atomic E-state index is 13.1. The molecular formula is C26H31N3O6. The van der Waals surface area contributed by atoms with Gasteiger partial charge in [0.25, 0.3) is 0 Å². The first-order chi connectivity index (χ1) is 16.7. The highest BCUT2D eigenvalue weighted by molar-refractivity contribution is 5.92. The number of alkyl carbamates (subject to hydrolysis) is 1. The third-order valence-electron chi connectivity index (χ3n) is 5.94. The number of amides is 3. The molecule has 35 heavy (non-hydrogen) atoms. The smallest absolute Gasteiger partial charge is 0.407 e. The number of ether oxygens (including phenoxy) is 1. The summed E-state index contributed by atoms with van der Waals surface area (Å²) in [6, 6.07) is 14.4. The fourth-order valence-corrected chi connectivity index (χ4v) is 4.22. The molecule has 0 saturated carbocycles. The standard InChI is InChI=1S/C26H31N3O6/c1-4-13-29(15-23(30)28(2)3)25(33)22(14-24(31)32)27-26(34)35-16-21-19-11-7-5-9-17(19)18-10-6-8-12-20(18)21/h5-12,21-22H,4,13-16H2,1-3H3,(H,27,34)(H,31,32). The van der Waals surface area contributed by atoms with Gasteiger partial charge in [0.1, 0.15) is 12.6 Å². The first kappa shape index (κ1) is 25.7. The zero-order valence-corrected chi connectivity index (χ0v) is 20.2. The summed E-state index contributed by atoms with van der Waals surface area (Å²) in [5, 5.41) is 11.7. The van der Waals surface area contributed by atoms with Crippen LogP contribution in [0, 0.1) is 0 Å². The molecule has 3 rings (SSSR count). The molecule has 9 nitrogen and oxygen atoms in total. The van der Waals surface area contributed by atoms with Gasteiger partial charge < -0.3 is 25.0 Å². The van der Waals surface area contributed by atoms with Gasteiger partial charge in [-0.3, -0.25) is 14.4 Å². The number of fused-ring (bicyclic) bond motifs is 3. The van der Waals surface area contributed by atoms with Crippen molar-refractivity contribution in [2.45, 2.75) is 31.7 Å². The summed E-state index contributed by atoms with van der Waals surface area (Å²) in [4.78, 5) is 51.9. The molecule has 1 unspecified atom stereocenters. The van der Waals surface area contributed by atoms with E-state index in [4.69, 9.17) is 4.74 Å². The number of hydrogen-bond donors (Lipinski definition) is 2. The van der Waals surface area contributed by atoms with Crippen molar-refractivity contribution < 1.29 is 29.0 Å². The van der Waals surface area contributed by atoms with E-state index in [0.29, 0.717) is 6.42 Å². The summed E-state index contributed by atoms with van der Waals surface area (Å²) in [5.74, 6) is -2.37. The number of carbonyl (C=O) groups is 4. The molecule has 9 heteroatoms. The topological polar surface area (TPSA) is 116 Å². The molecule has 0 aliphatic heterocycles. The molecule has 1 aliphatic rings. The maximum atomic E-state index is 13.1. The van der Waals surface area contributed by atoms with Crippen molar-refractivity contribution in [1.82, 2.24) is 15.1 Å². The number of rotatable bonds is 10. The summed E-state index contributed by atoms with van der Waals surface area (Å²) in [6.45, 7) is 1.92. The van der Waals surface area contributed by atoms with Crippen molar-refractivity contribution in [2.75, 3.05) is 33.8 Å². The van der Waals surface area contributed by atoms with E-state index in [1.165, 1.54) is 9.80 Å². The summed E-state index contributed by atoms with van der Waals surface area (Å²) in [7, 11) is 3.14. The van der Waals surface area contributed by atoms with Gasteiger partial charge >= 0.3 is 12.1 Å². The van der Waals surface area contributed by atoms with Gasteiger partial charge in [-0.1, -0.05) is 55.5 Å². The molecule has 0 heterocycles. The fraction of sp³-hybridized carbons (Fsp3) is 0.385. The molecule has 1 aliphatic carbocycles. The van der Waals surface area contributed by atoms with Gasteiger partial charge in [0.05, 0.1) is 13.0 Å². The molecule has 2 N–H and O–H groups in total. The highest BCUT2D eigenvalue weighted by Gasteiger charge is 2.32. The second-order valence-corrected chi connectivity index (χ2v) is 8.67. The number of hydrogen-bond acceptors (Lipinski definition) is 5. The van der Waals surface area contributed by atoms with Gasteiger partial charge in [-0.2, -0.15) is 0 Å². The Labute approximate surface area is 204 Å². The van der Waals surface area contributed by atoms with Crippen LogP contribution in [0.4, 0.5) is 4.79 Å². The molecule has 3 amide bonds. The predicted octanol–water partition coefficient (Wildman–Crippen LogP) is 2.70. The van der Waals surface area contributed by atoms with Crippen molar-refractivity contribution in [3.8, 4) is 11.1 Å².